The molecule has 2 atom stereocenters. The second-order valence-electron chi connectivity index (χ2n) is 6.68. The SMILES string of the molecule is COc1ccccc1CN1CCN(C(=O)[C@@H]2CC[C@@H](N)C2)CC1. The number of methoxy groups -OCH3 is 1. The molecule has 1 saturated carbocycles. The van der Waals surface area contributed by atoms with Crippen molar-refractivity contribution in [1.82, 2.24) is 9.80 Å². The number of para-hydroxylation sites is 1. The number of benzene rings is 1. The van der Waals surface area contributed by atoms with Crippen LogP contribution in [0.3, 0.4) is 0 Å². The summed E-state index contributed by atoms with van der Waals surface area (Å²) in [7, 11) is 1.71. The van der Waals surface area contributed by atoms with E-state index in [-0.39, 0.29) is 12.0 Å². The lowest BCUT2D eigenvalue weighted by Crippen LogP contribution is -2.49. The van der Waals surface area contributed by atoms with E-state index < -0.39 is 0 Å². The number of rotatable bonds is 4. The molecule has 2 aliphatic rings. The van der Waals surface area contributed by atoms with Crippen LogP contribution >= 0.6 is 0 Å². The summed E-state index contributed by atoms with van der Waals surface area (Å²) in [6.07, 6.45) is 2.81. The fourth-order valence-electron chi connectivity index (χ4n) is 3.70. The summed E-state index contributed by atoms with van der Waals surface area (Å²) < 4.78 is 5.42. The summed E-state index contributed by atoms with van der Waals surface area (Å²) >= 11 is 0. The fourth-order valence-corrected chi connectivity index (χ4v) is 3.70. The maximum Gasteiger partial charge on any atom is 0.225 e. The van der Waals surface area contributed by atoms with Gasteiger partial charge in [-0.25, -0.2) is 0 Å². The van der Waals surface area contributed by atoms with Crippen molar-refractivity contribution >= 4 is 5.91 Å². The Hall–Kier alpha value is -1.59. The van der Waals surface area contributed by atoms with Crippen LogP contribution in [-0.4, -0.2) is 55.0 Å². The Kier molecular flexibility index (Phi) is 5.18. The number of hydrogen-bond acceptors (Lipinski definition) is 4. The summed E-state index contributed by atoms with van der Waals surface area (Å²) in [6.45, 7) is 4.35. The fraction of sp³-hybridized carbons (Fsp3) is 0.611. The number of carbonyl (C=O) groups excluding carboxylic acids is 1. The average molecular weight is 317 g/mol. The van der Waals surface area contributed by atoms with Gasteiger partial charge in [-0.15, -0.1) is 0 Å². The van der Waals surface area contributed by atoms with Gasteiger partial charge in [0, 0.05) is 50.2 Å². The van der Waals surface area contributed by atoms with Crippen LogP contribution in [0, 0.1) is 5.92 Å². The Morgan fingerprint density at radius 2 is 1.96 bits per heavy atom. The minimum atomic E-state index is 0.158. The van der Waals surface area contributed by atoms with Crippen LogP contribution in [0.15, 0.2) is 24.3 Å². The van der Waals surface area contributed by atoms with Gasteiger partial charge >= 0.3 is 0 Å². The van der Waals surface area contributed by atoms with Crippen LogP contribution in [-0.2, 0) is 11.3 Å². The standard InChI is InChI=1S/C18H27N3O2/c1-23-17-5-3-2-4-15(17)13-20-8-10-21(11-9-20)18(22)14-6-7-16(19)12-14/h2-5,14,16H,6-13,19H2,1H3/t14-,16-/m1/s1. The first-order valence-electron chi connectivity index (χ1n) is 8.56. The first kappa shape index (κ1) is 16.3. The largest absolute Gasteiger partial charge is 0.496 e. The summed E-state index contributed by atoms with van der Waals surface area (Å²) in [5.74, 6) is 1.41. The predicted molar refractivity (Wildman–Crippen MR) is 90.2 cm³/mol. The second kappa shape index (κ2) is 7.32. The van der Waals surface area contributed by atoms with Crippen LogP contribution in [0.25, 0.3) is 0 Å². The molecule has 1 aromatic rings. The zero-order chi connectivity index (χ0) is 16.2. The van der Waals surface area contributed by atoms with E-state index in [0.717, 1.165) is 57.7 Å². The van der Waals surface area contributed by atoms with Crippen molar-refractivity contribution in [3.05, 3.63) is 29.8 Å². The number of piperazine rings is 1. The molecule has 0 bridgehead atoms. The average Bonchev–Trinajstić information content (AvgIpc) is 3.02. The third kappa shape index (κ3) is 3.85. The number of amides is 1. The van der Waals surface area contributed by atoms with Crippen molar-refractivity contribution in [2.45, 2.75) is 31.8 Å². The molecule has 126 valence electrons. The first-order chi connectivity index (χ1) is 11.2. The zero-order valence-electron chi connectivity index (χ0n) is 13.9. The molecule has 2 N–H and O–H groups in total. The van der Waals surface area contributed by atoms with Gasteiger partial charge < -0.3 is 15.4 Å². The van der Waals surface area contributed by atoms with Gasteiger partial charge in [-0.3, -0.25) is 9.69 Å². The topological polar surface area (TPSA) is 58.8 Å². The van der Waals surface area contributed by atoms with E-state index in [1.807, 2.05) is 23.1 Å². The Labute approximate surface area is 138 Å². The Bertz CT molecular complexity index is 541. The molecule has 5 nitrogen and oxygen atoms in total. The number of nitrogens with zero attached hydrogens (tertiary/aromatic N) is 2. The van der Waals surface area contributed by atoms with Gasteiger partial charge in [0.15, 0.2) is 0 Å². The van der Waals surface area contributed by atoms with Crippen molar-refractivity contribution in [2.24, 2.45) is 11.7 Å². The van der Waals surface area contributed by atoms with Crippen molar-refractivity contribution in [3.8, 4) is 5.75 Å². The van der Waals surface area contributed by atoms with E-state index in [4.69, 9.17) is 10.5 Å². The maximum atomic E-state index is 12.5. The van der Waals surface area contributed by atoms with E-state index in [2.05, 4.69) is 11.0 Å². The smallest absolute Gasteiger partial charge is 0.225 e. The monoisotopic (exact) mass is 317 g/mol. The molecule has 1 heterocycles. The molecule has 2 fully saturated rings. The van der Waals surface area contributed by atoms with Gasteiger partial charge in [0.1, 0.15) is 5.75 Å². The zero-order valence-corrected chi connectivity index (χ0v) is 13.9. The lowest BCUT2D eigenvalue weighted by molar-refractivity contribution is -0.137. The normalized spacial score (nSPS) is 25.6. The van der Waals surface area contributed by atoms with Crippen LogP contribution < -0.4 is 10.5 Å². The van der Waals surface area contributed by atoms with E-state index in [1.54, 1.807) is 7.11 Å². The Morgan fingerprint density at radius 1 is 1.22 bits per heavy atom. The van der Waals surface area contributed by atoms with Gasteiger partial charge in [-0.05, 0) is 25.3 Å². The highest BCUT2D eigenvalue weighted by molar-refractivity contribution is 5.79. The molecule has 1 amide bonds. The van der Waals surface area contributed by atoms with E-state index in [0.29, 0.717) is 5.91 Å². The van der Waals surface area contributed by atoms with Crippen molar-refractivity contribution in [2.75, 3.05) is 33.3 Å². The summed E-state index contributed by atoms with van der Waals surface area (Å²) in [6, 6.07) is 8.36. The van der Waals surface area contributed by atoms with Crippen LogP contribution in [0.4, 0.5) is 0 Å². The molecule has 23 heavy (non-hydrogen) atoms. The number of hydrogen-bond donors (Lipinski definition) is 1. The molecular weight excluding hydrogens is 290 g/mol. The minimum absolute atomic E-state index is 0.158. The molecule has 1 aliphatic carbocycles. The third-order valence-corrected chi connectivity index (χ3v) is 5.09. The molecule has 0 radical (unpaired) electrons. The van der Waals surface area contributed by atoms with E-state index in [1.165, 1.54) is 5.56 Å². The first-order valence-corrected chi connectivity index (χ1v) is 8.56. The highest BCUT2D eigenvalue weighted by Gasteiger charge is 2.32. The molecule has 1 aliphatic heterocycles. The summed E-state index contributed by atoms with van der Waals surface area (Å²) in [5, 5.41) is 0. The van der Waals surface area contributed by atoms with Crippen molar-refractivity contribution < 1.29 is 9.53 Å². The molecular formula is C18H27N3O2. The molecule has 0 spiro atoms. The van der Waals surface area contributed by atoms with Gasteiger partial charge in [0.2, 0.25) is 5.91 Å². The predicted octanol–water partition coefficient (Wildman–Crippen LogP) is 1.47. The lowest BCUT2D eigenvalue weighted by atomic mass is 10.1. The van der Waals surface area contributed by atoms with Crippen molar-refractivity contribution in [1.29, 1.82) is 0 Å². The minimum Gasteiger partial charge on any atom is -0.496 e. The molecule has 1 aromatic carbocycles. The molecule has 0 unspecified atom stereocenters. The van der Waals surface area contributed by atoms with Gasteiger partial charge in [0.05, 0.1) is 7.11 Å². The van der Waals surface area contributed by atoms with Gasteiger partial charge in [0.25, 0.3) is 0 Å². The van der Waals surface area contributed by atoms with Gasteiger partial charge in [-0.1, -0.05) is 18.2 Å². The highest BCUT2D eigenvalue weighted by Crippen LogP contribution is 2.27. The van der Waals surface area contributed by atoms with Crippen LogP contribution in [0.1, 0.15) is 24.8 Å². The number of nitrogens with two attached hydrogens (primary N) is 1. The molecule has 5 heteroatoms. The van der Waals surface area contributed by atoms with Crippen LogP contribution in [0.2, 0.25) is 0 Å². The van der Waals surface area contributed by atoms with Crippen LogP contribution in [0.5, 0.6) is 5.75 Å². The molecule has 0 aromatic heterocycles. The lowest BCUT2D eigenvalue weighted by Gasteiger charge is -2.36. The number of carbonyl (C=O) groups is 1. The van der Waals surface area contributed by atoms with E-state index in [9.17, 15) is 4.79 Å². The Morgan fingerprint density at radius 3 is 2.61 bits per heavy atom. The number of ether oxygens (including phenoxy) is 1. The third-order valence-electron chi connectivity index (χ3n) is 5.09. The summed E-state index contributed by atoms with van der Waals surface area (Å²) in [5.41, 5.74) is 7.14. The molecule has 1 saturated heterocycles. The summed E-state index contributed by atoms with van der Waals surface area (Å²) in [4.78, 5) is 17.0. The van der Waals surface area contributed by atoms with E-state index >= 15 is 0 Å². The Balaban J connectivity index is 1.51. The quantitative estimate of drug-likeness (QED) is 0.913. The van der Waals surface area contributed by atoms with Crippen molar-refractivity contribution in [3.63, 3.8) is 0 Å². The highest BCUT2D eigenvalue weighted by atomic mass is 16.5. The molecule has 3 rings (SSSR count). The second-order valence-corrected chi connectivity index (χ2v) is 6.68. The maximum absolute atomic E-state index is 12.5. The van der Waals surface area contributed by atoms with Gasteiger partial charge in [-0.2, -0.15) is 0 Å².